The molecule has 7 nitrogen and oxygen atoms in total. The van der Waals surface area contributed by atoms with Gasteiger partial charge in [0.15, 0.2) is 5.82 Å². The Morgan fingerprint density at radius 2 is 2.16 bits per heavy atom. The van der Waals surface area contributed by atoms with Crippen molar-refractivity contribution < 1.29 is 13.7 Å². The molecule has 1 aliphatic rings. The van der Waals surface area contributed by atoms with Crippen molar-refractivity contribution in [2.24, 2.45) is 0 Å². The second kappa shape index (κ2) is 7.32. The number of nitriles is 1. The maximum absolute atomic E-state index is 13.7. The predicted octanol–water partition coefficient (Wildman–Crippen LogP) is 1.75. The van der Waals surface area contributed by atoms with Crippen molar-refractivity contribution in [2.45, 2.75) is 6.92 Å². The van der Waals surface area contributed by atoms with Crippen molar-refractivity contribution >= 4 is 17.4 Å². The average molecular weight is 343 g/mol. The highest BCUT2D eigenvalue weighted by molar-refractivity contribution is 5.91. The molecule has 0 atom stereocenters. The summed E-state index contributed by atoms with van der Waals surface area (Å²) in [7, 11) is 0. The first kappa shape index (κ1) is 16.9. The van der Waals surface area contributed by atoms with Crippen LogP contribution in [0.1, 0.15) is 11.3 Å². The smallest absolute Gasteiger partial charge is 0.239 e. The van der Waals surface area contributed by atoms with E-state index in [1.54, 1.807) is 25.1 Å². The molecule has 0 spiro atoms. The number of hydrogen-bond acceptors (Lipinski definition) is 6. The number of nitrogens with one attached hydrogen (secondary N) is 1. The van der Waals surface area contributed by atoms with Gasteiger partial charge in [0, 0.05) is 32.2 Å². The summed E-state index contributed by atoms with van der Waals surface area (Å²) in [6.45, 7) is 4.53. The quantitative estimate of drug-likeness (QED) is 0.910. The number of aryl methyl sites for hydroxylation is 1. The fourth-order valence-corrected chi connectivity index (χ4v) is 2.84. The fraction of sp³-hybridized carbons (Fsp3) is 0.353. The Bertz CT molecular complexity index is 806. The number of anilines is 2. The zero-order valence-corrected chi connectivity index (χ0v) is 13.8. The van der Waals surface area contributed by atoms with Crippen LogP contribution in [-0.2, 0) is 4.79 Å². The van der Waals surface area contributed by atoms with Crippen molar-refractivity contribution in [2.75, 3.05) is 42.9 Å². The standard InChI is InChI=1S/C17H18FN5O2/c1-12-9-16(21-25-12)20-17(24)11-22-5-7-23(8-6-22)15-4-2-3-14(18)13(15)10-19/h2-4,9H,5-8,11H2,1H3,(H,20,21,24). The van der Waals surface area contributed by atoms with Gasteiger partial charge in [0.25, 0.3) is 0 Å². The lowest BCUT2D eigenvalue weighted by molar-refractivity contribution is -0.117. The third kappa shape index (κ3) is 3.95. The summed E-state index contributed by atoms with van der Waals surface area (Å²) in [5.74, 6) is 0.363. The Morgan fingerprint density at radius 1 is 1.40 bits per heavy atom. The number of rotatable bonds is 4. The molecular weight excluding hydrogens is 325 g/mol. The molecule has 0 unspecified atom stereocenters. The van der Waals surface area contributed by atoms with Crippen LogP contribution in [-0.4, -0.2) is 48.7 Å². The first-order valence-corrected chi connectivity index (χ1v) is 7.96. The molecule has 0 saturated carbocycles. The van der Waals surface area contributed by atoms with Gasteiger partial charge in [-0.25, -0.2) is 4.39 Å². The Kier molecular flexibility index (Phi) is 4.95. The Hall–Kier alpha value is -2.92. The number of aromatic nitrogens is 1. The van der Waals surface area contributed by atoms with E-state index in [0.29, 0.717) is 43.4 Å². The van der Waals surface area contributed by atoms with Crippen LogP contribution in [0.25, 0.3) is 0 Å². The van der Waals surface area contributed by atoms with E-state index in [1.165, 1.54) is 6.07 Å². The lowest BCUT2D eigenvalue weighted by atomic mass is 10.1. The predicted molar refractivity (Wildman–Crippen MR) is 89.6 cm³/mol. The molecule has 1 aliphatic heterocycles. The molecule has 1 fully saturated rings. The van der Waals surface area contributed by atoms with Crippen molar-refractivity contribution in [1.82, 2.24) is 10.1 Å². The Balaban J connectivity index is 1.55. The SMILES string of the molecule is Cc1cc(NC(=O)CN2CCN(c3cccc(F)c3C#N)CC2)no1. The van der Waals surface area contributed by atoms with Crippen LogP contribution in [0.4, 0.5) is 15.9 Å². The van der Waals surface area contributed by atoms with Gasteiger partial charge in [-0.2, -0.15) is 5.26 Å². The number of halogens is 1. The minimum Gasteiger partial charge on any atom is -0.368 e. The van der Waals surface area contributed by atoms with Crippen LogP contribution in [0.15, 0.2) is 28.8 Å². The Morgan fingerprint density at radius 3 is 2.80 bits per heavy atom. The monoisotopic (exact) mass is 343 g/mol. The molecule has 0 radical (unpaired) electrons. The van der Waals surface area contributed by atoms with Gasteiger partial charge in [0.05, 0.1) is 12.2 Å². The molecule has 0 aliphatic carbocycles. The number of piperazine rings is 1. The van der Waals surface area contributed by atoms with Gasteiger partial charge >= 0.3 is 0 Å². The van der Waals surface area contributed by atoms with Gasteiger partial charge in [-0.1, -0.05) is 11.2 Å². The molecule has 1 aromatic heterocycles. The molecule has 1 aromatic carbocycles. The normalized spacial score (nSPS) is 15.0. The minimum atomic E-state index is -0.510. The van der Waals surface area contributed by atoms with Crippen LogP contribution in [0.3, 0.4) is 0 Å². The minimum absolute atomic E-state index is 0.0649. The molecule has 2 aromatic rings. The summed E-state index contributed by atoms with van der Waals surface area (Å²) in [4.78, 5) is 16.0. The molecule has 2 heterocycles. The number of nitrogens with zero attached hydrogens (tertiary/aromatic N) is 4. The van der Waals surface area contributed by atoms with Crippen LogP contribution in [0.2, 0.25) is 0 Å². The summed E-state index contributed by atoms with van der Waals surface area (Å²) in [6, 6.07) is 8.21. The van der Waals surface area contributed by atoms with Crippen LogP contribution in [0, 0.1) is 24.1 Å². The van der Waals surface area contributed by atoms with Gasteiger partial charge < -0.3 is 14.7 Å². The first-order chi connectivity index (χ1) is 12.1. The summed E-state index contributed by atoms with van der Waals surface area (Å²) in [5.41, 5.74) is 0.666. The number of carbonyl (C=O) groups is 1. The highest BCUT2D eigenvalue weighted by Gasteiger charge is 2.22. The molecule has 8 heteroatoms. The molecule has 1 saturated heterocycles. The summed E-state index contributed by atoms with van der Waals surface area (Å²) in [5, 5.41) is 15.6. The Labute approximate surface area is 144 Å². The second-order valence-electron chi connectivity index (χ2n) is 5.88. The van der Waals surface area contributed by atoms with E-state index in [-0.39, 0.29) is 18.0 Å². The lowest BCUT2D eigenvalue weighted by Gasteiger charge is -2.36. The molecule has 130 valence electrons. The van der Waals surface area contributed by atoms with Gasteiger partial charge in [-0.05, 0) is 19.1 Å². The third-order valence-corrected chi connectivity index (χ3v) is 4.08. The molecule has 0 bridgehead atoms. The molecule has 1 amide bonds. The van der Waals surface area contributed by atoms with Crippen molar-refractivity contribution in [3.8, 4) is 6.07 Å². The summed E-state index contributed by atoms with van der Waals surface area (Å²) >= 11 is 0. The van der Waals surface area contributed by atoms with E-state index >= 15 is 0 Å². The largest absolute Gasteiger partial charge is 0.368 e. The zero-order chi connectivity index (χ0) is 17.8. The van der Waals surface area contributed by atoms with Crippen molar-refractivity contribution in [1.29, 1.82) is 5.26 Å². The van der Waals surface area contributed by atoms with Crippen LogP contribution >= 0.6 is 0 Å². The second-order valence-corrected chi connectivity index (χ2v) is 5.88. The summed E-state index contributed by atoms with van der Waals surface area (Å²) in [6.07, 6.45) is 0. The van der Waals surface area contributed by atoms with E-state index in [0.717, 1.165) is 0 Å². The highest BCUT2D eigenvalue weighted by Crippen LogP contribution is 2.23. The average Bonchev–Trinajstić information content (AvgIpc) is 3.00. The number of benzene rings is 1. The molecule has 25 heavy (non-hydrogen) atoms. The van der Waals surface area contributed by atoms with E-state index in [2.05, 4.69) is 10.5 Å². The molecular formula is C17H18FN5O2. The number of carbonyl (C=O) groups excluding carboxylic acids is 1. The topological polar surface area (TPSA) is 85.4 Å². The summed E-state index contributed by atoms with van der Waals surface area (Å²) < 4.78 is 18.6. The van der Waals surface area contributed by atoms with E-state index in [1.807, 2.05) is 15.9 Å². The van der Waals surface area contributed by atoms with Gasteiger partial charge in [0.1, 0.15) is 23.2 Å². The number of amides is 1. The van der Waals surface area contributed by atoms with Gasteiger partial charge in [0.2, 0.25) is 5.91 Å². The first-order valence-electron chi connectivity index (χ1n) is 7.96. The van der Waals surface area contributed by atoms with Crippen LogP contribution < -0.4 is 10.2 Å². The van der Waals surface area contributed by atoms with Crippen molar-refractivity contribution in [3.63, 3.8) is 0 Å². The maximum Gasteiger partial charge on any atom is 0.239 e. The highest BCUT2D eigenvalue weighted by atomic mass is 19.1. The lowest BCUT2D eigenvalue weighted by Crippen LogP contribution is -2.49. The van der Waals surface area contributed by atoms with Gasteiger partial charge in [-0.15, -0.1) is 0 Å². The van der Waals surface area contributed by atoms with E-state index < -0.39 is 5.82 Å². The molecule has 1 N–H and O–H groups in total. The van der Waals surface area contributed by atoms with E-state index in [9.17, 15) is 9.18 Å². The maximum atomic E-state index is 13.7. The molecule has 3 rings (SSSR count). The van der Waals surface area contributed by atoms with E-state index in [4.69, 9.17) is 9.78 Å². The van der Waals surface area contributed by atoms with Crippen LogP contribution in [0.5, 0.6) is 0 Å². The number of hydrogen-bond donors (Lipinski definition) is 1. The van der Waals surface area contributed by atoms with Crippen molar-refractivity contribution in [3.05, 3.63) is 41.4 Å². The fourth-order valence-electron chi connectivity index (χ4n) is 2.84. The van der Waals surface area contributed by atoms with Gasteiger partial charge in [-0.3, -0.25) is 9.69 Å². The zero-order valence-electron chi connectivity index (χ0n) is 13.8. The third-order valence-electron chi connectivity index (χ3n) is 4.08.